The van der Waals surface area contributed by atoms with Crippen LogP contribution in [0.25, 0.3) is 0 Å². The van der Waals surface area contributed by atoms with Crippen molar-refractivity contribution in [2.24, 2.45) is 0 Å². The fourth-order valence-electron chi connectivity index (χ4n) is 6.91. The number of hydrogen-bond donors (Lipinski definition) is 4. The smallest absolute Gasteiger partial charge is 0.178 e. The third-order valence-corrected chi connectivity index (χ3v) is 9.35. The highest BCUT2D eigenvalue weighted by Gasteiger charge is 2.77. The molecule has 3 aromatic carbocycles. The number of thiocarbonyl (C=S) groups is 1. The molecule has 1 aliphatic heterocycles. The molecule has 0 spiro atoms. The zero-order chi connectivity index (χ0) is 31.5. The molecule has 1 fully saturated rings. The van der Waals surface area contributed by atoms with E-state index in [0.29, 0.717) is 45.8 Å². The quantitative estimate of drug-likeness (QED) is 0.176. The van der Waals surface area contributed by atoms with Crippen LogP contribution in [0, 0.1) is 0 Å². The highest BCUT2D eigenvalue weighted by molar-refractivity contribution is 7.80. The number of methoxy groups -OCH3 is 3. The molecular formula is C34H43N3O6S. The van der Waals surface area contributed by atoms with Crippen molar-refractivity contribution < 1.29 is 29.2 Å². The Labute approximate surface area is 265 Å². The molecule has 9 nitrogen and oxygen atoms in total. The monoisotopic (exact) mass is 621 g/mol. The first-order valence-corrected chi connectivity index (χ1v) is 15.5. The number of aliphatic hydroxyl groups excluding tert-OH is 1. The maximum atomic E-state index is 13.1. The van der Waals surface area contributed by atoms with Crippen LogP contribution in [0.3, 0.4) is 0 Å². The molecule has 236 valence electrons. The lowest BCUT2D eigenvalue weighted by Crippen LogP contribution is -2.52. The summed E-state index contributed by atoms with van der Waals surface area (Å²) in [5.41, 5.74) is -1.57. The second-order valence-corrected chi connectivity index (χ2v) is 11.6. The number of benzene rings is 3. The summed E-state index contributed by atoms with van der Waals surface area (Å²) in [6.07, 6.45) is -0.456. The van der Waals surface area contributed by atoms with Gasteiger partial charge in [0.05, 0.1) is 38.9 Å². The predicted octanol–water partition coefficient (Wildman–Crippen LogP) is 3.91. The molecular weight excluding hydrogens is 578 g/mol. The van der Waals surface area contributed by atoms with Gasteiger partial charge in [-0.25, -0.2) is 0 Å². The van der Waals surface area contributed by atoms with E-state index in [1.165, 1.54) is 7.11 Å². The summed E-state index contributed by atoms with van der Waals surface area (Å²) in [7, 11) is 4.68. The number of fused-ring (bicyclic) bond motifs is 3. The van der Waals surface area contributed by atoms with Crippen molar-refractivity contribution in [3.63, 3.8) is 0 Å². The molecule has 0 amide bonds. The van der Waals surface area contributed by atoms with E-state index in [2.05, 4.69) is 29.4 Å². The minimum atomic E-state index is -1.95. The minimum absolute atomic E-state index is 0.348. The Morgan fingerprint density at radius 1 is 0.955 bits per heavy atom. The minimum Gasteiger partial charge on any atom is -0.497 e. The van der Waals surface area contributed by atoms with Crippen LogP contribution in [0.15, 0.2) is 66.7 Å². The molecule has 0 aromatic heterocycles. The van der Waals surface area contributed by atoms with Gasteiger partial charge in [0.2, 0.25) is 0 Å². The summed E-state index contributed by atoms with van der Waals surface area (Å²) in [6.45, 7) is 7.92. The molecule has 0 saturated heterocycles. The Morgan fingerprint density at radius 3 is 2.25 bits per heavy atom. The number of nitrogens with zero attached hydrogens (tertiary/aromatic N) is 1. The maximum Gasteiger partial charge on any atom is 0.178 e. The number of nitrogens with one attached hydrogen (secondary N) is 2. The summed E-state index contributed by atoms with van der Waals surface area (Å²) in [6, 6.07) is 19.8. The van der Waals surface area contributed by atoms with E-state index >= 15 is 0 Å². The van der Waals surface area contributed by atoms with Gasteiger partial charge in [-0.1, -0.05) is 56.3 Å². The average Bonchev–Trinajstić information content (AvgIpc) is 3.42. The second-order valence-electron chi connectivity index (χ2n) is 11.2. The van der Waals surface area contributed by atoms with Gasteiger partial charge in [-0.3, -0.25) is 0 Å². The molecule has 10 heteroatoms. The van der Waals surface area contributed by atoms with Crippen LogP contribution in [-0.4, -0.2) is 79.9 Å². The van der Waals surface area contributed by atoms with Gasteiger partial charge in [0.25, 0.3) is 0 Å². The molecule has 0 bridgehead atoms. The van der Waals surface area contributed by atoms with E-state index in [0.717, 1.165) is 31.6 Å². The van der Waals surface area contributed by atoms with Crippen LogP contribution in [0.5, 0.6) is 23.0 Å². The first-order chi connectivity index (χ1) is 21.3. The molecule has 1 heterocycles. The van der Waals surface area contributed by atoms with Crippen LogP contribution in [0.4, 0.5) is 0 Å². The number of ether oxygens (including phenoxy) is 4. The fourth-order valence-corrected chi connectivity index (χ4v) is 7.15. The molecule has 0 radical (unpaired) electrons. The van der Waals surface area contributed by atoms with E-state index in [1.54, 1.807) is 26.4 Å². The number of aliphatic hydroxyl groups is 2. The molecule has 1 saturated carbocycles. The molecule has 4 N–H and O–H groups in total. The zero-order valence-electron chi connectivity index (χ0n) is 26.0. The predicted molar refractivity (Wildman–Crippen MR) is 174 cm³/mol. The van der Waals surface area contributed by atoms with Crippen LogP contribution >= 0.6 is 12.2 Å². The molecule has 2 aliphatic rings. The highest BCUT2D eigenvalue weighted by atomic mass is 32.1. The summed E-state index contributed by atoms with van der Waals surface area (Å²) >= 11 is 5.77. The lowest BCUT2D eigenvalue weighted by molar-refractivity contribution is -0.150. The third-order valence-electron chi connectivity index (χ3n) is 9.09. The van der Waals surface area contributed by atoms with Gasteiger partial charge in [-0.2, -0.15) is 0 Å². The van der Waals surface area contributed by atoms with Crippen LogP contribution < -0.4 is 29.6 Å². The van der Waals surface area contributed by atoms with Gasteiger partial charge in [-0.15, -0.1) is 0 Å². The summed E-state index contributed by atoms with van der Waals surface area (Å²) < 4.78 is 23.7. The first kappa shape index (κ1) is 31.8. The van der Waals surface area contributed by atoms with Crippen LogP contribution in [0.1, 0.15) is 42.9 Å². The van der Waals surface area contributed by atoms with Gasteiger partial charge >= 0.3 is 0 Å². The average molecular weight is 622 g/mol. The Kier molecular flexibility index (Phi) is 9.55. The van der Waals surface area contributed by atoms with Crippen molar-refractivity contribution in [3.05, 3.63) is 83.4 Å². The maximum absolute atomic E-state index is 13.1. The SMILES string of the molecule is CCN(CC)CCCNC(=S)NC1C(O)[C@@]2(O)c3c(OC)cc(OC)cc3O[C@@]2(c2ccc(OC)cc2)[C@@H]1c1ccccc1. The molecule has 5 atom stereocenters. The van der Waals surface area contributed by atoms with Gasteiger partial charge in [0, 0.05) is 18.7 Å². The Bertz CT molecular complexity index is 1440. The van der Waals surface area contributed by atoms with Crippen molar-refractivity contribution >= 4 is 17.3 Å². The van der Waals surface area contributed by atoms with E-state index in [-0.39, 0.29) is 0 Å². The summed E-state index contributed by atoms with van der Waals surface area (Å²) in [5.74, 6) is 1.28. The fraction of sp³-hybridized carbons (Fsp3) is 0.441. The lowest BCUT2D eigenvalue weighted by atomic mass is 9.71. The van der Waals surface area contributed by atoms with Crippen molar-refractivity contribution in [1.82, 2.24) is 15.5 Å². The summed E-state index contributed by atoms with van der Waals surface area (Å²) in [5, 5.41) is 32.5. The van der Waals surface area contributed by atoms with Crippen molar-refractivity contribution in [2.45, 2.75) is 49.5 Å². The Hall–Kier alpha value is -3.57. The van der Waals surface area contributed by atoms with E-state index < -0.39 is 29.3 Å². The van der Waals surface area contributed by atoms with Gasteiger partial charge in [-0.05, 0) is 61.5 Å². The number of hydrogen-bond acceptors (Lipinski definition) is 8. The standard InChI is InChI=1S/C34H43N3O6S/c1-6-37(7-2)19-11-18-35-32(44)36-30-28(22-12-9-8-10-13-22)34(23-14-16-24(40-3)17-15-23)33(39,31(30)38)29-26(42-5)20-25(41-4)21-27(29)43-34/h8-10,12-17,20-21,28,30-31,38-39H,6-7,11,18-19H2,1-5H3,(H2,35,36,44)/t28-,30?,31?,33+,34+/m1/s1. The lowest BCUT2D eigenvalue weighted by Gasteiger charge is -2.40. The molecule has 1 aliphatic carbocycles. The molecule has 5 rings (SSSR count). The molecule has 3 aromatic rings. The normalized spacial score (nSPS) is 25.1. The highest BCUT2D eigenvalue weighted by Crippen LogP contribution is 2.68. The van der Waals surface area contributed by atoms with Crippen molar-refractivity contribution in [1.29, 1.82) is 0 Å². The van der Waals surface area contributed by atoms with Crippen LogP contribution in [-0.2, 0) is 11.2 Å². The van der Waals surface area contributed by atoms with Gasteiger partial charge in [0.15, 0.2) is 16.3 Å². The van der Waals surface area contributed by atoms with E-state index in [1.807, 2.05) is 54.6 Å². The van der Waals surface area contributed by atoms with E-state index in [9.17, 15) is 10.2 Å². The first-order valence-electron chi connectivity index (χ1n) is 15.1. The topological polar surface area (TPSA) is 105 Å². The molecule has 44 heavy (non-hydrogen) atoms. The Balaban J connectivity index is 1.62. The zero-order valence-corrected chi connectivity index (χ0v) is 26.8. The Morgan fingerprint density at radius 2 is 1.64 bits per heavy atom. The van der Waals surface area contributed by atoms with E-state index in [4.69, 9.17) is 31.2 Å². The van der Waals surface area contributed by atoms with Crippen molar-refractivity contribution in [2.75, 3.05) is 47.5 Å². The third kappa shape index (κ3) is 5.23. The van der Waals surface area contributed by atoms with Gasteiger partial charge < -0.3 is 44.7 Å². The van der Waals surface area contributed by atoms with Crippen molar-refractivity contribution in [3.8, 4) is 23.0 Å². The molecule has 2 unspecified atom stereocenters. The van der Waals surface area contributed by atoms with Gasteiger partial charge in [0.1, 0.15) is 29.1 Å². The van der Waals surface area contributed by atoms with Crippen LogP contribution in [0.2, 0.25) is 0 Å². The largest absolute Gasteiger partial charge is 0.497 e. The summed E-state index contributed by atoms with van der Waals surface area (Å²) in [4.78, 5) is 2.36. The second kappa shape index (κ2) is 13.2. The number of rotatable bonds is 12.